The van der Waals surface area contributed by atoms with Gasteiger partial charge in [0.2, 0.25) is 5.91 Å². The molecule has 3 heterocycles. The van der Waals surface area contributed by atoms with Crippen molar-refractivity contribution in [3.63, 3.8) is 0 Å². The lowest BCUT2D eigenvalue weighted by Crippen LogP contribution is -2.49. The summed E-state index contributed by atoms with van der Waals surface area (Å²) in [5.74, 6) is 1.73. The third-order valence-electron chi connectivity index (χ3n) is 5.02. The van der Waals surface area contributed by atoms with Crippen LogP contribution in [0.15, 0.2) is 48.5 Å². The molecule has 1 aliphatic rings. The highest BCUT2D eigenvalue weighted by atomic mass is 16.2. The Labute approximate surface area is 164 Å². The molecule has 144 valence electrons. The molecule has 7 nitrogen and oxygen atoms in total. The van der Waals surface area contributed by atoms with Crippen molar-refractivity contribution in [3.8, 4) is 5.82 Å². The van der Waals surface area contributed by atoms with E-state index in [2.05, 4.69) is 20.2 Å². The first-order chi connectivity index (χ1) is 13.6. The highest BCUT2D eigenvalue weighted by Crippen LogP contribution is 2.16. The van der Waals surface area contributed by atoms with Crippen LogP contribution < -0.4 is 4.90 Å². The predicted octanol–water partition coefficient (Wildman–Crippen LogP) is 2.17. The minimum absolute atomic E-state index is 0.178. The molecule has 2 aromatic heterocycles. The second-order valence-corrected chi connectivity index (χ2v) is 7.12. The van der Waals surface area contributed by atoms with Crippen LogP contribution in [-0.4, -0.2) is 57.0 Å². The number of rotatable bonds is 4. The van der Waals surface area contributed by atoms with E-state index in [4.69, 9.17) is 0 Å². The number of aryl methyl sites for hydroxylation is 2. The number of amides is 1. The van der Waals surface area contributed by atoms with Crippen LogP contribution in [0.25, 0.3) is 5.82 Å². The molecule has 7 heteroatoms. The summed E-state index contributed by atoms with van der Waals surface area (Å²) in [7, 11) is 0. The molecule has 0 N–H and O–H groups in total. The first kappa shape index (κ1) is 18.2. The number of aromatic nitrogens is 4. The number of benzene rings is 1. The number of carbonyl (C=O) groups excluding carboxylic acids is 1. The maximum Gasteiger partial charge on any atom is 0.227 e. The van der Waals surface area contributed by atoms with Gasteiger partial charge in [0.05, 0.1) is 12.1 Å². The SMILES string of the molecule is Cc1cc(C)n(-c2ccc(N3CCN(C(=O)Cc4ccccc4)CC3)nn2)n1. The van der Waals surface area contributed by atoms with Crippen LogP contribution in [-0.2, 0) is 11.2 Å². The lowest BCUT2D eigenvalue weighted by Gasteiger charge is -2.35. The summed E-state index contributed by atoms with van der Waals surface area (Å²) in [6.07, 6.45) is 0.456. The minimum atomic E-state index is 0.178. The molecule has 0 unspecified atom stereocenters. The van der Waals surface area contributed by atoms with Crippen molar-refractivity contribution >= 4 is 11.7 Å². The Balaban J connectivity index is 1.36. The molecule has 1 aliphatic heterocycles. The average Bonchev–Trinajstić information content (AvgIpc) is 3.07. The maximum absolute atomic E-state index is 12.5. The highest BCUT2D eigenvalue weighted by molar-refractivity contribution is 5.79. The molecule has 1 saturated heterocycles. The second kappa shape index (κ2) is 7.80. The molecule has 4 rings (SSSR count). The van der Waals surface area contributed by atoms with E-state index < -0.39 is 0 Å². The molecule has 0 bridgehead atoms. The molecule has 3 aromatic rings. The van der Waals surface area contributed by atoms with Crippen molar-refractivity contribution in [3.05, 3.63) is 65.5 Å². The zero-order chi connectivity index (χ0) is 19.5. The van der Waals surface area contributed by atoms with Crippen molar-refractivity contribution in [2.45, 2.75) is 20.3 Å². The summed E-state index contributed by atoms with van der Waals surface area (Å²) in [6.45, 7) is 6.88. The first-order valence-electron chi connectivity index (χ1n) is 9.54. The normalized spacial score (nSPS) is 14.4. The van der Waals surface area contributed by atoms with Crippen molar-refractivity contribution in [1.29, 1.82) is 0 Å². The molecular formula is C21H24N6O. The Morgan fingerprint density at radius 3 is 2.21 bits per heavy atom. The molecule has 0 spiro atoms. The Morgan fingerprint density at radius 2 is 1.61 bits per heavy atom. The largest absolute Gasteiger partial charge is 0.352 e. The van der Waals surface area contributed by atoms with Gasteiger partial charge in [-0.15, -0.1) is 10.2 Å². The van der Waals surface area contributed by atoms with Crippen LogP contribution in [0.4, 0.5) is 5.82 Å². The van der Waals surface area contributed by atoms with Crippen molar-refractivity contribution in [2.24, 2.45) is 0 Å². The van der Waals surface area contributed by atoms with E-state index in [0.29, 0.717) is 25.3 Å². The fourth-order valence-corrected chi connectivity index (χ4v) is 3.53. The molecule has 1 fully saturated rings. The van der Waals surface area contributed by atoms with Crippen molar-refractivity contribution < 1.29 is 4.79 Å². The third kappa shape index (κ3) is 3.88. The highest BCUT2D eigenvalue weighted by Gasteiger charge is 2.22. The number of piperazine rings is 1. The second-order valence-electron chi connectivity index (χ2n) is 7.12. The molecule has 0 radical (unpaired) electrons. The third-order valence-corrected chi connectivity index (χ3v) is 5.02. The molecule has 0 aliphatic carbocycles. The van der Waals surface area contributed by atoms with Crippen molar-refractivity contribution in [1.82, 2.24) is 24.9 Å². The van der Waals surface area contributed by atoms with Gasteiger partial charge in [0, 0.05) is 31.9 Å². The smallest absolute Gasteiger partial charge is 0.227 e. The van der Waals surface area contributed by atoms with Crippen LogP contribution >= 0.6 is 0 Å². The quantitative estimate of drug-likeness (QED) is 0.698. The van der Waals surface area contributed by atoms with E-state index in [1.165, 1.54) is 0 Å². The number of hydrogen-bond donors (Lipinski definition) is 0. The summed E-state index contributed by atoms with van der Waals surface area (Å²) in [5.41, 5.74) is 3.05. The Kier molecular flexibility index (Phi) is 5.06. The lowest BCUT2D eigenvalue weighted by molar-refractivity contribution is -0.130. The summed E-state index contributed by atoms with van der Waals surface area (Å²) in [4.78, 5) is 16.6. The maximum atomic E-state index is 12.5. The zero-order valence-electron chi connectivity index (χ0n) is 16.2. The van der Waals surface area contributed by atoms with Gasteiger partial charge in [0.1, 0.15) is 0 Å². The van der Waals surface area contributed by atoms with E-state index >= 15 is 0 Å². The Bertz CT molecular complexity index is 943. The van der Waals surface area contributed by atoms with E-state index in [9.17, 15) is 4.79 Å². The van der Waals surface area contributed by atoms with Gasteiger partial charge >= 0.3 is 0 Å². The monoisotopic (exact) mass is 376 g/mol. The molecule has 0 saturated carbocycles. The molecule has 1 aromatic carbocycles. The minimum Gasteiger partial charge on any atom is -0.352 e. The van der Waals surface area contributed by atoms with Gasteiger partial charge in [-0.2, -0.15) is 5.10 Å². The first-order valence-corrected chi connectivity index (χ1v) is 9.54. The van der Waals surface area contributed by atoms with Gasteiger partial charge in [0.25, 0.3) is 0 Å². The predicted molar refractivity (Wildman–Crippen MR) is 108 cm³/mol. The van der Waals surface area contributed by atoms with Crippen molar-refractivity contribution in [2.75, 3.05) is 31.1 Å². The van der Waals surface area contributed by atoms with E-state index in [-0.39, 0.29) is 5.91 Å². The summed E-state index contributed by atoms with van der Waals surface area (Å²) in [6, 6.07) is 15.8. The number of hydrogen-bond acceptors (Lipinski definition) is 5. The lowest BCUT2D eigenvalue weighted by atomic mass is 10.1. The average molecular weight is 376 g/mol. The van der Waals surface area contributed by atoms with Gasteiger partial charge in [-0.05, 0) is 37.6 Å². The van der Waals surface area contributed by atoms with Crippen LogP contribution in [0.3, 0.4) is 0 Å². The van der Waals surface area contributed by atoms with E-state index in [1.807, 2.05) is 67.3 Å². The fraction of sp³-hybridized carbons (Fsp3) is 0.333. The molecule has 1 amide bonds. The van der Waals surface area contributed by atoms with Gasteiger partial charge in [-0.3, -0.25) is 4.79 Å². The Hall–Kier alpha value is -3.22. The molecule has 0 atom stereocenters. The van der Waals surface area contributed by atoms with Crippen LogP contribution in [0.5, 0.6) is 0 Å². The van der Waals surface area contributed by atoms with Gasteiger partial charge in [-0.25, -0.2) is 4.68 Å². The van der Waals surface area contributed by atoms with Gasteiger partial charge in [0.15, 0.2) is 11.6 Å². The van der Waals surface area contributed by atoms with Crippen LogP contribution in [0, 0.1) is 13.8 Å². The van der Waals surface area contributed by atoms with E-state index in [1.54, 1.807) is 4.68 Å². The Morgan fingerprint density at radius 1 is 0.929 bits per heavy atom. The number of carbonyl (C=O) groups is 1. The van der Waals surface area contributed by atoms with E-state index in [0.717, 1.165) is 35.9 Å². The number of anilines is 1. The summed E-state index contributed by atoms with van der Waals surface area (Å²) < 4.78 is 1.80. The summed E-state index contributed by atoms with van der Waals surface area (Å²) in [5, 5.41) is 13.2. The molecular weight excluding hydrogens is 352 g/mol. The zero-order valence-corrected chi connectivity index (χ0v) is 16.2. The molecule has 28 heavy (non-hydrogen) atoms. The topological polar surface area (TPSA) is 67.2 Å². The fourth-order valence-electron chi connectivity index (χ4n) is 3.53. The number of nitrogens with zero attached hydrogens (tertiary/aromatic N) is 6. The van der Waals surface area contributed by atoms with Crippen LogP contribution in [0.2, 0.25) is 0 Å². The van der Waals surface area contributed by atoms with Gasteiger partial charge < -0.3 is 9.80 Å². The summed E-state index contributed by atoms with van der Waals surface area (Å²) >= 11 is 0. The van der Waals surface area contributed by atoms with Gasteiger partial charge in [-0.1, -0.05) is 30.3 Å². The van der Waals surface area contributed by atoms with Crippen LogP contribution in [0.1, 0.15) is 17.0 Å². The standard InChI is InChI=1S/C21H24N6O/c1-16-14-17(2)27(24-16)20-9-8-19(22-23-20)25-10-12-26(13-11-25)21(28)15-18-6-4-3-5-7-18/h3-9,14H,10-13,15H2,1-2H3.